The zero-order valence-corrected chi connectivity index (χ0v) is 12.2. The van der Waals surface area contributed by atoms with Crippen LogP contribution in [0.5, 0.6) is 0 Å². The van der Waals surface area contributed by atoms with E-state index in [-0.39, 0.29) is 24.8 Å². The van der Waals surface area contributed by atoms with E-state index in [0.29, 0.717) is 6.42 Å². The van der Waals surface area contributed by atoms with E-state index in [1.165, 1.54) is 0 Å². The number of nitrogens with two attached hydrogens (primary N) is 1. The molecule has 0 bridgehead atoms. The summed E-state index contributed by atoms with van der Waals surface area (Å²) in [5.74, 6) is 4.39. The number of hydrogen-bond donors (Lipinski definition) is 2. The van der Waals surface area contributed by atoms with Gasteiger partial charge in [-0.2, -0.15) is 18.3 Å². The highest BCUT2D eigenvalue weighted by Crippen LogP contribution is 2.41. The zero-order valence-electron chi connectivity index (χ0n) is 12.2. The summed E-state index contributed by atoms with van der Waals surface area (Å²) in [4.78, 5) is 0. The summed E-state index contributed by atoms with van der Waals surface area (Å²) in [5.41, 5.74) is 3.80. The monoisotopic (exact) mass is 304 g/mol. The highest BCUT2D eigenvalue weighted by molar-refractivity contribution is 5.01. The van der Waals surface area contributed by atoms with Crippen molar-refractivity contribution in [1.29, 1.82) is 0 Å². The number of rotatable bonds is 5. The van der Waals surface area contributed by atoms with E-state index >= 15 is 0 Å². The first kappa shape index (κ1) is 16.3. The van der Waals surface area contributed by atoms with E-state index in [2.05, 4.69) is 10.5 Å². The molecule has 0 saturated heterocycles. The van der Waals surface area contributed by atoms with Crippen molar-refractivity contribution in [2.75, 3.05) is 0 Å². The Bertz CT molecular complexity index is 444. The van der Waals surface area contributed by atoms with Gasteiger partial charge in [-0.25, -0.2) is 0 Å². The Kier molecular flexibility index (Phi) is 5.27. The van der Waals surface area contributed by atoms with Gasteiger partial charge in [0.05, 0.1) is 5.92 Å². The minimum absolute atomic E-state index is 0.0106. The standard InChI is InChI=1S/C14H23F3N4/c1-21-12(7-8-19-21)5-6-13(20-18)10-3-2-4-11(9-10)14(15,16)17/h7-8,10-11,13,20H,2-6,9,18H2,1H3. The Morgan fingerprint density at radius 3 is 2.81 bits per heavy atom. The number of hydrazine groups is 1. The maximum atomic E-state index is 12.9. The van der Waals surface area contributed by atoms with Crippen molar-refractivity contribution in [1.82, 2.24) is 15.2 Å². The summed E-state index contributed by atoms with van der Waals surface area (Å²) in [5, 5.41) is 4.09. The predicted molar refractivity (Wildman–Crippen MR) is 74.1 cm³/mol. The summed E-state index contributed by atoms with van der Waals surface area (Å²) in [6, 6.07) is 1.84. The lowest BCUT2D eigenvalue weighted by Crippen LogP contribution is -2.44. The van der Waals surface area contributed by atoms with Gasteiger partial charge >= 0.3 is 6.18 Å². The zero-order chi connectivity index (χ0) is 15.5. The third kappa shape index (κ3) is 4.20. The van der Waals surface area contributed by atoms with E-state index in [9.17, 15) is 13.2 Å². The first-order chi connectivity index (χ1) is 9.91. The second kappa shape index (κ2) is 6.79. The number of nitrogens with zero attached hydrogens (tertiary/aromatic N) is 2. The maximum absolute atomic E-state index is 12.9. The average molecular weight is 304 g/mol. The van der Waals surface area contributed by atoms with Crippen LogP contribution in [0.25, 0.3) is 0 Å². The highest BCUT2D eigenvalue weighted by atomic mass is 19.4. The van der Waals surface area contributed by atoms with Crippen molar-refractivity contribution in [2.24, 2.45) is 24.7 Å². The molecule has 0 aliphatic heterocycles. The van der Waals surface area contributed by atoms with E-state index in [1.807, 2.05) is 13.1 Å². The molecule has 120 valence electrons. The molecule has 3 N–H and O–H groups in total. The van der Waals surface area contributed by atoms with Crippen molar-refractivity contribution in [2.45, 2.75) is 50.7 Å². The summed E-state index contributed by atoms with van der Waals surface area (Å²) in [6.07, 6.45) is 0.999. The molecule has 4 nitrogen and oxygen atoms in total. The van der Waals surface area contributed by atoms with Crippen LogP contribution in [-0.2, 0) is 13.5 Å². The fourth-order valence-electron chi connectivity index (χ4n) is 3.30. The van der Waals surface area contributed by atoms with Gasteiger partial charge in [-0.1, -0.05) is 6.42 Å². The molecule has 7 heteroatoms. The van der Waals surface area contributed by atoms with Gasteiger partial charge in [0.25, 0.3) is 0 Å². The lowest BCUT2D eigenvalue weighted by atomic mass is 9.76. The van der Waals surface area contributed by atoms with Crippen LogP contribution in [0.1, 0.15) is 37.8 Å². The van der Waals surface area contributed by atoms with Crippen molar-refractivity contribution < 1.29 is 13.2 Å². The average Bonchev–Trinajstić information content (AvgIpc) is 2.84. The SMILES string of the molecule is Cn1nccc1CCC(NN)C1CCCC(C(F)(F)F)C1. The molecule has 3 unspecified atom stereocenters. The van der Waals surface area contributed by atoms with Gasteiger partial charge in [0.15, 0.2) is 0 Å². The third-order valence-electron chi connectivity index (χ3n) is 4.59. The Labute approximate surface area is 122 Å². The molecule has 2 rings (SSSR count). The van der Waals surface area contributed by atoms with Crippen molar-refractivity contribution in [3.63, 3.8) is 0 Å². The number of aromatic nitrogens is 2. The van der Waals surface area contributed by atoms with E-state index in [1.54, 1.807) is 10.9 Å². The van der Waals surface area contributed by atoms with Gasteiger partial charge in [-0.3, -0.25) is 16.0 Å². The second-order valence-electron chi connectivity index (χ2n) is 5.92. The minimum Gasteiger partial charge on any atom is -0.273 e. The Morgan fingerprint density at radius 1 is 1.48 bits per heavy atom. The molecular formula is C14H23F3N4. The number of hydrogen-bond acceptors (Lipinski definition) is 3. The summed E-state index contributed by atoms with van der Waals surface area (Å²) in [6.45, 7) is 0. The van der Waals surface area contributed by atoms with Crippen LogP contribution in [0.3, 0.4) is 0 Å². The number of aryl methyl sites for hydroxylation is 2. The quantitative estimate of drug-likeness (QED) is 0.649. The topological polar surface area (TPSA) is 55.9 Å². The molecule has 1 saturated carbocycles. The molecule has 0 amide bonds. The van der Waals surface area contributed by atoms with Crippen molar-refractivity contribution in [3.8, 4) is 0 Å². The van der Waals surface area contributed by atoms with Crippen LogP contribution in [0.2, 0.25) is 0 Å². The van der Waals surface area contributed by atoms with Gasteiger partial charge in [0, 0.05) is 25.0 Å². The molecule has 1 aromatic heterocycles. The van der Waals surface area contributed by atoms with E-state index in [4.69, 9.17) is 5.84 Å². The first-order valence-corrected chi connectivity index (χ1v) is 7.41. The van der Waals surface area contributed by atoms with Gasteiger partial charge in [0.1, 0.15) is 0 Å². The largest absolute Gasteiger partial charge is 0.391 e. The molecule has 0 aromatic carbocycles. The number of alkyl halides is 3. The lowest BCUT2D eigenvalue weighted by Gasteiger charge is -2.35. The van der Waals surface area contributed by atoms with Gasteiger partial charge < -0.3 is 0 Å². The van der Waals surface area contributed by atoms with Crippen LogP contribution in [0.4, 0.5) is 13.2 Å². The molecule has 1 aromatic rings. The van der Waals surface area contributed by atoms with Crippen LogP contribution < -0.4 is 11.3 Å². The van der Waals surface area contributed by atoms with E-state index < -0.39 is 12.1 Å². The van der Waals surface area contributed by atoms with Gasteiger partial charge in [0.2, 0.25) is 0 Å². The molecule has 0 radical (unpaired) electrons. The van der Waals surface area contributed by atoms with E-state index in [0.717, 1.165) is 25.0 Å². The molecule has 21 heavy (non-hydrogen) atoms. The van der Waals surface area contributed by atoms with Crippen LogP contribution in [0.15, 0.2) is 12.3 Å². The first-order valence-electron chi connectivity index (χ1n) is 7.41. The van der Waals surface area contributed by atoms with Gasteiger partial charge in [-0.05, 0) is 44.1 Å². The fourth-order valence-corrected chi connectivity index (χ4v) is 3.30. The van der Waals surface area contributed by atoms with Gasteiger partial charge in [-0.15, -0.1) is 0 Å². The third-order valence-corrected chi connectivity index (χ3v) is 4.59. The van der Waals surface area contributed by atoms with Crippen molar-refractivity contribution >= 4 is 0 Å². The highest BCUT2D eigenvalue weighted by Gasteiger charge is 2.43. The second-order valence-corrected chi connectivity index (χ2v) is 5.92. The lowest BCUT2D eigenvalue weighted by molar-refractivity contribution is -0.186. The van der Waals surface area contributed by atoms with Crippen LogP contribution in [0, 0.1) is 11.8 Å². The molecule has 1 heterocycles. The fraction of sp³-hybridized carbons (Fsp3) is 0.786. The Balaban J connectivity index is 1.92. The van der Waals surface area contributed by atoms with Crippen molar-refractivity contribution in [3.05, 3.63) is 18.0 Å². The normalized spacial score (nSPS) is 25.0. The molecule has 1 fully saturated rings. The molecule has 1 aliphatic carbocycles. The molecule has 1 aliphatic rings. The smallest absolute Gasteiger partial charge is 0.273 e. The summed E-state index contributed by atoms with van der Waals surface area (Å²) >= 11 is 0. The summed E-state index contributed by atoms with van der Waals surface area (Å²) in [7, 11) is 1.86. The molecule has 3 atom stereocenters. The maximum Gasteiger partial charge on any atom is 0.391 e. The molecule has 0 spiro atoms. The Morgan fingerprint density at radius 2 is 2.24 bits per heavy atom. The van der Waals surface area contributed by atoms with Crippen LogP contribution in [-0.4, -0.2) is 22.0 Å². The minimum atomic E-state index is -4.08. The number of halogens is 3. The number of nitrogens with one attached hydrogen (secondary N) is 1. The summed E-state index contributed by atoms with van der Waals surface area (Å²) < 4.78 is 40.4. The predicted octanol–water partition coefficient (Wildman–Crippen LogP) is 2.55. The Hall–Kier alpha value is -1.08. The van der Waals surface area contributed by atoms with Crippen LogP contribution >= 0.6 is 0 Å². The molecular weight excluding hydrogens is 281 g/mol.